The molecule has 1 aromatic heterocycles. The zero-order valence-electron chi connectivity index (χ0n) is 15.3. The fourth-order valence-corrected chi connectivity index (χ4v) is 3.64. The van der Waals surface area contributed by atoms with E-state index in [-0.39, 0.29) is 6.42 Å². The van der Waals surface area contributed by atoms with Crippen LogP contribution < -0.4 is 0 Å². The summed E-state index contributed by atoms with van der Waals surface area (Å²) in [7, 11) is 0. The van der Waals surface area contributed by atoms with Crippen molar-refractivity contribution in [1.29, 1.82) is 0 Å². The number of aryl methyl sites for hydroxylation is 1. The molecule has 0 aliphatic rings. The van der Waals surface area contributed by atoms with Crippen molar-refractivity contribution in [2.75, 3.05) is 6.54 Å². The molecule has 3 aromatic rings. The van der Waals surface area contributed by atoms with Gasteiger partial charge in [0.2, 0.25) is 0 Å². The summed E-state index contributed by atoms with van der Waals surface area (Å²) >= 11 is 1.73. The number of carbonyl (C=O) groups is 1. The van der Waals surface area contributed by atoms with Gasteiger partial charge in [-0.2, -0.15) is 0 Å². The van der Waals surface area contributed by atoms with Crippen LogP contribution in [-0.4, -0.2) is 22.5 Å². The maximum atomic E-state index is 11.0. The number of nitrogens with zero attached hydrogens (tertiary/aromatic N) is 1. The number of rotatable bonds is 9. The molecule has 1 N–H and O–H groups in total. The predicted molar refractivity (Wildman–Crippen MR) is 107 cm³/mol. The van der Waals surface area contributed by atoms with Crippen LogP contribution in [-0.2, 0) is 17.9 Å². The highest BCUT2D eigenvalue weighted by molar-refractivity contribution is 7.99. The molecule has 0 bridgehead atoms. The molecule has 140 valence electrons. The van der Waals surface area contributed by atoms with Crippen molar-refractivity contribution in [3.63, 3.8) is 0 Å². The molecule has 0 aliphatic heterocycles. The predicted octanol–water partition coefficient (Wildman–Crippen LogP) is 5.22. The first kappa shape index (κ1) is 19.3. The van der Waals surface area contributed by atoms with E-state index in [1.807, 2.05) is 37.3 Å². The Morgan fingerprint density at radius 2 is 1.67 bits per heavy atom. The Balaban J connectivity index is 1.64. The molecule has 0 amide bonds. The minimum absolute atomic E-state index is 0.113. The maximum absolute atomic E-state index is 11.0. The maximum Gasteiger partial charge on any atom is 0.304 e. The Bertz CT molecular complexity index is 859. The van der Waals surface area contributed by atoms with Gasteiger partial charge in [0.15, 0.2) is 0 Å². The Hall–Kier alpha value is -2.50. The number of furan rings is 1. The molecule has 0 unspecified atom stereocenters. The first-order chi connectivity index (χ1) is 13.1. The van der Waals surface area contributed by atoms with Gasteiger partial charge < -0.3 is 9.52 Å². The molecule has 27 heavy (non-hydrogen) atoms. The van der Waals surface area contributed by atoms with Gasteiger partial charge in [-0.1, -0.05) is 42.1 Å². The SMILES string of the molecule is Cc1ccc(CN(CCC(=O)O)Cc2ccc(Sc3ccccc3)cc2)o1. The van der Waals surface area contributed by atoms with Crippen molar-refractivity contribution in [1.82, 2.24) is 4.90 Å². The molecular formula is C22H23NO3S. The summed E-state index contributed by atoms with van der Waals surface area (Å²) in [4.78, 5) is 15.5. The number of hydrogen-bond acceptors (Lipinski definition) is 4. The molecule has 0 saturated heterocycles. The molecule has 0 spiro atoms. The van der Waals surface area contributed by atoms with E-state index in [2.05, 4.69) is 41.3 Å². The highest BCUT2D eigenvalue weighted by atomic mass is 32.2. The van der Waals surface area contributed by atoms with Gasteiger partial charge in [-0.15, -0.1) is 0 Å². The third-order valence-electron chi connectivity index (χ3n) is 4.13. The van der Waals surface area contributed by atoms with Crippen molar-refractivity contribution < 1.29 is 14.3 Å². The Labute approximate surface area is 163 Å². The van der Waals surface area contributed by atoms with Gasteiger partial charge in [-0.05, 0) is 48.9 Å². The largest absolute Gasteiger partial charge is 0.481 e. The molecule has 0 radical (unpaired) electrons. The van der Waals surface area contributed by atoms with Gasteiger partial charge in [0, 0.05) is 22.9 Å². The quantitative estimate of drug-likeness (QED) is 0.551. The van der Waals surface area contributed by atoms with Gasteiger partial charge >= 0.3 is 5.97 Å². The first-order valence-corrected chi connectivity index (χ1v) is 9.71. The van der Waals surface area contributed by atoms with Crippen LogP contribution in [0.1, 0.15) is 23.5 Å². The first-order valence-electron chi connectivity index (χ1n) is 8.90. The zero-order chi connectivity index (χ0) is 19.1. The second-order valence-electron chi connectivity index (χ2n) is 6.43. The van der Waals surface area contributed by atoms with Gasteiger partial charge in [0.25, 0.3) is 0 Å². The van der Waals surface area contributed by atoms with Crippen LogP contribution in [0, 0.1) is 6.92 Å². The molecule has 0 atom stereocenters. The average Bonchev–Trinajstić information content (AvgIpc) is 3.07. The van der Waals surface area contributed by atoms with E-state index < -0.39 is 5.97 Å². The number of benzene rings is 2. The van der Waals surface area contributed by atoms with Crippen LogP contribution >= 0.6 is 11.8 Å². The van der Waals surface area contributed by atoms with Gasteiger partial charge in [0.05, 0.1) is 13.0 Å². The summed E-state index contributed by atoms with van der Waals surface area (Å²) in [6.45, 7) is 3.68. The standard InChI is InChI=1S/C22H23NO3S/c1-17-7-10-19(26-17)16-23(14-13-22(24)25)15-18-8-11-21(12-9-18)27-20-5-3-2-4-6-20/h2-12H,13-16H2,1H3,(H,24,25). The van der Waals surface area contributed by atoms with Crippen molar-refractivity contribution in [3.8, 4) is 0 Å². The number of carboxylic acid groups (broad SMARTS) is 1. The minimum atomic E-state index is -0.787. The fourth-order valence-electron chi connectivity index (χ4n) is 2.80. The molecular weight excluding hydrogens is 358 g/mol. The van der Waals surface area contributed by atoms with Crippen LogP contribution in [0.15, 0.2) is 80.9 Å². The van der Waals surface area contributed by atoms with Crippen LogP contribution in [0.25, 0.3) is 0 Å². The highest BCUT2D eigenvalue weighted by Gasteiger charge is 2.12. The monoisotopic (exact) mass is 381 g/mol. The fraction of sp³-hybridized carbons (Fsp3) is 0.227. The number of hydrogen-bond donors (Lipinski definition) is 1. The minimum Gasteiger partial charge on any atom is -0.481 e. The van der Waals surface area contributed by atoms with Crippen LogP contribution in [0.5, 0.6) is 0 Å². The van der Waals surface area contributed by atoms with E-state index in [0.29, 0.717) is 19.6 Å². The van der Waals surface area contributed by atoms with E-state index in [0.717, 1.165) is 17.1 Å². The summed E-state index contributed by atoms with van der Waals surface area (Å²) < 4.78 is 5.65. The second kappa shape index (κ2) is 9.44. The van der Waals surface area contributed by atoms with Gasteiger partial charge in [0.1, 0.15) is 11.5 Å². The number of aliphatic carboxylic acids is 1. The van der Waals surface area contributed by atoms with E-state index in [1.165, 1.54) is 9.79 Å². The van der Waals surface area contributed by atoms with Crippen molar-refractivity contribution >= 4 is 17.7 Å². The zero-order valence-corrected chi connectivity index (χ0v) is 16.1. The van der Waals surface area contributed by atoms with Crippen molar-refractivity contribution in [3.05, 3.63) is 83.8 Å². The van der Waals surface area contributed by atoms with Gasteiger partial charge in [-0.3, -0.25) is 9.69 Å². The molecule has 2 aromatic carbocycles. The summed E-state index contributed by atoms with van der Waals surface area (Å²) in [5.74, 6) is 0.935. The lowest BCUT2D eigenvalue weighted by Gasteiger charge is -2.20. The lowest BCUT2D eigenvalue weighted by Crippen LogP contribution is -2.25. The molecule has 5 heteroatoms. The van der Waals surface area contributed by atoms with E-state index in [4.69, 9.17) is 9.52 Å². The van der Waals surface area contributed by atoms with E-state index in [9.17, 15) is 4.79 Å². The van der Waals surface area contributed by atoms with Crippen molar-refractivity contribution in [2.24, 2.45) is 0 Å². The van der Waals surface area contributed by atoms with Crippen molar-refractivity contribution in [2.45, 2.75) is 36.2 Å². The summed E-state index contributed by atoms with van der Waals surface area (Å²) in [6, 6.07) is 22.6. The Kier molecular flexibility index (Phi) is 6.74. The number of carboxylic acids is 1. The third-order valence-corrected chi connectivity index (χ3v) is 5.14. The van der Waals surface area contributed by atoms with E-state index >= 15 is 0 Å². The second-order valence-corrected chi connectivity index (χ2v) is 7.57. The molecule has 0 aliphatic carbocycles. The summed E-state index contributed by atoms with van der Waals surface area (Å²) in [5.41, 5.74) is 1.15. The van der Waals surface area contributed by atoms with Crippen LogP contribution in [0.2, 0.25) is 0 Å². The summed E-state index contributed by atoms with van der Waals surface area (Å²) in [5, 5.41) is 9.02. The third kappa shape index (κ3) is 6.31. The topological polar surface area (TPSA) is 53.7 Å². The lowest BCUT2D eigenvalue weighted by molar-refractivity contribution is -0.137. The highest BCUT2D eigenvalue weighted by Crippen LogP contribution is 2.27. The van der Waals surface area contributed by atoms with Gasteiger partial charge in [-0.25, -0.2) is 0 Å². The normalized spacial score (nSPS) is 11.0. The molecule has 3 rings (SSSR count). The Morgan fingerprint density at radius 3 is 2.30 bits per heavy atom. The average molecular weight is 381 g/mol. The summed E-state index contributed by atoms with van der Waals surface area (Å²) in [6.07, 6.45) is 0.113. The van der Waals surface area contributed by atoms with Crippen LogP contribution in [0.3, 0.4) is 0 Å². The Morgan fingerprint density at radius 1 is 0.963 bits per heavy atom. The van der Waals surface area contributed by atoms with Crippen LogP contribution in [0.4, 0.5) is 0 Å². The lowest BCUT2D eigenvalue weighted by atomic mass is 10.2. The molecule has 4 nitrogen and oxygen atoms in total. The van der Waals surface area contributed by atoms with E-state index in [1.54, 1.807) is 11.8 Å². The molecule has 0 fully saturated rings. The molecule has 1 heterocycles. The smallest absolute Gasteiger partial charge is 0.304 e. The molecule has 0 saturated carbocycles.